The average molecular weight is 548 g/mol. The van der Waals surface area contributed by atoms with E-state index >= 15 is 0 Å². The first kappa shape index (κ1) is 27.8. The summed E-state index contributed by atoms with van der Waals surface area (Å²) in [6.07, 6.45) is 2.01. The average Bonchev–Trinajstić information content (AvgIpc) is 3.59. The van der Waals surface area contributed by atoms with E-state index < -0.39 is 6.04 Å². The van der Waals surface area contributed by atoms with Gasteiger partial charge in [-0.05, 0) is 68.7 Å². The van der Waals surface area contributed by atoms with Crippen LogP contribution in [0.1, 0.15) is 52.5 Å². The van der Waals surface area contributed by atoms with Crippen molar-refractivity contribution in [3.8, 4) is 11.5 Å². The van der Waals surface area contributed by atoms with E-state index in [1.165, 1.54) is 11.3 Å². The van der Waals surface area contributed by atoms with Gasteiger partial charge in [0, 0.05) is 27.4 Å². The molecule has 0 radical (unpaired) electrons. The third-order valence-corrected chi connectivity index (χ3v) is 7.68. The predicted octanol–water partition coefficient (Wildman–Crippen LogP) is 3.95. The van der Waals surface area contributed by atoms with Crippen molar-refractivity contribution in [2.75, 3.05) is 6.54 Å². The van der Waals surface area contributed by atoms with Gasteiger partial charge in [-0.3, -0.25) is 19.8 Å². The van der Waals surface area contributed by atoms with E-state index in [-0.39, 0.29) is 36.1 Å². The standard InChI is InChI=1S/C29H33N5O4S/c1-3-21-8-13-25(29(37)32-15-24-14-20(17-39-24)27(30)31)34(21)26(35)16-33-28(36)19-6-11-23(12-7-19)38-22-9-4-18(2)5-10-22/h4-7,9-12,14,17,21,25H,3,8,13,15-16H2,1-2H3,(H3,30,31)(H,32,37)(H,33,36). The number of carbonyl (C=O) groups is 3. The molecule has 0 bridgehead atoms. The third-order valence-electron chi connectivity index (χ3n) is 6.74. The van der Waals surface area contributed by atoms with Gasteiger partial charge in [0.2, 0.25) is 11.8 Å². The lowest BCUT2D eigenvalue weighted by atomic mass is 10.1. The molecule has 0 aliphatic carbocycles. The van der Waals surface area contributed by atoms with Crippen molar-refractivity contribution in [2.45, 2.75) is 51.7 Å². The van der Waals surface area contributed by atoms with Gasteiger partial charge < -0.3 is 26.0 Å². The largest absolute Gasteiger partial charge is 0.457 e. The maximum atomic E-state index is 13.2. The summed E-state index contributed by atoms with van der Waals surface area (Å²) in [5.41, 5.74) is 7.68. The highest BCUT2D eigenvalue weighted by molar-refractivity contribution is 7.10. The van der Waals surface area contributed by atoms with Gasteiger partial charge in [-0.25, -0.2) is 0 Å². The van der Waals surface area contributed by atoms with Crippen molar-refractivity contribution in [3.63, 3.8) is 0 Å². The highest BCUT2D eigenvalue weighted by atomic mass is 32.1. The number of carbonyl (C=O) groups excluding carboxylic acids is 3. The second-order valence-electron chi connectivity index (χ2n) is 9.51. The van der Waals surface area contributed by atoms with Crippen LogP contribution in [0.15, 0.2) is 60.0 Å². The molecule has 2 heterocycles. The highest BCUT2D eigenvalue weighted by Gasteiger charge is 2.39. The number of nitrogens with one attached hydrogen (secondary N) is 3. The Morgan fingerprint density at radius 2 is 1.69 bits per heavy atom. The number of benzene rings is 2. The number of hydrogen-bond acceptors (Lipinski definition) is 6. The molecule has 1 aromatic heterocycles. The number of nitrogen functional groups attached to an aromatic ring is 1. The number of nitrogens with zero attached hydrogens (tertiary/aromatic N) is 1. The molecule has 5 N–H and O–H groups in total. The molecule has 39 heavy (non-hydrogen) atoms. The number of nitrogens with two attached hydrogens (primary N) is 1. The molecule has 0 saturated carbocycles. The lowest BCUT2D eigenvalue weighted by molar-refractivity contribution is -0.139. The first-order chi connectivity index (χ1) is 18.7. The van der Waals surface area contributed by atoms with Gasteiger partial charge in [0.1, 0.15) is 23.4 Å². The monoisotopic (exact) mass is 547 g/mol. The van der Waals surface area contributed by atoms with Gasteiger partial charge >= 0.3 is 0 Å². The maximum absolute atomic E-state index is 13.2. The zero-order valence-electron chi connectivity index (χ0n) is 22.0. The van der Waals surface area contributed by atoms with Crippen LogP contribution in [0.2, 0.25) is 0 Å². The van der Waals surface area contributed by atoms with E-state index in [4.69, 9.17) is 15.9 Å². The Morgan fingerprint density at radius 1 is 1.03 bits per heavy atom. The smallest absolute Gasteiger partial charge is 0.251 e. The predicted molar refractivity (Wildman–Crippen MR) is 151 cm³/mol. The molecular weight excluding hydrogens is 514 g/mol. The summed E-state index contributed by atoms with van der Waals surface area (Å²) >= 11 is 1.41. The second kappa shape index (κ2) is 12.6. The van der Waals surface area contributed by atoms with Crippen molar-refractivity contribution in [3.05, 3.63) is 81.5 Å². The number of thiophene rings is 1. The molecule has 2 unspecified atom stereocenters. The van der Waals surface area contributed by atoms with Crippen LogP contribution in [0.4, 0.5) is 0 Å². The maximum Gasteiger partial charge on any atom is 0.251 e. The quantitative estimate of drug-likeness (QED) is 0.225. The van der Waals surface area contributed by atoms with Crippen molar-refractivity contribution >= 4 is 34.9 Å². The molecule has 3 amide bonds. The van der Waals surface area contributed by atoms with Crippen molar-refractivity contribution in [1.82, 2.24) is 15.5 Å². The molecule has 204 valence electrons. The van der Waals surface area contributed by atoms with Crippen molar-refractivity contribution in [2.24, 2.45) is 5.73 Å². The van der Waals surface area contributed by atoms with Crippen molar-refractivity contribution in [1.29, 1.82) is 5.41 Å². The Bertz CT molecular complexity index is 1340. The van der Waals surface area contributed by atoms with Gasteiger partial charge in [0.25, 0.3) is 5.91 Å². The fraction of sp³-hybridized carbons (Fsp3) is 0.310. The summed E-state index contributed by atoms with van der Waals surface area (Å²) in [4.78, 5) is 41.4. The van der Waals surface area contributed by atoms with Crippen LogP contribution in [-0.4, -0.2) is 47.1 Å². The molecule has 1 aliphatic rings. The molecule has 0 spiro atoms. The van der Waals surface area contributed by atoms with Gasteiger partial charge in [0.15, 0.2) is 0 Å². The van der Waals surface area contributed by atoms with Gasteiger partial charge in [-0.15, -0.1) is 11.3 Å². The fourth-order valence-electron chi connectivity index (χ4n) is 4.59. The molecule has 4 rings (SSSR count). The van der Waals surface area contributed by atoms with Crippen LogP contribution in [-0.2, 0) is 16.1 Å². The number of amides is 3. The minimum absolute atomic E-state index is 0.0178. The summed E-state index contributed by atoms with van der Waals surface area (Å²) in [5.74, 6) is 0.389. The van der Waals surface area contributed by atoms with Crippen LogP contribution < -0.4 is 21.1 Å². The summed E-state index contributed by atoms with van der Waals surface area (Å²) < 4.78 is 5.81. The number of ether oxygens (including phenoxy) is 1. The fourth-order valence-corrected chi connectivity index (χ4v) is 5.42. The van der Waals surface area contributed by atoms with Gasteiger partial charge in [-0.2, -0.15) is 0 Å². The lowest BCUT2D eigenvalue weighted by Gasteiger charge is -2.29. The number of rotatable bonds is 10. The summed E-state index contributed by atoms with van der Waals surface area (Å²) in [5, 5.41) is 14.9. The van der Waals surface area contributed by atoms with Gasteiger partial charge in [0.05, 0.1) is 13.1 Å². The van der Waals surface area contributed by atoms with Crippen LogP contribution in [0.3, 0.4) is 0 Å². The zero-order valence-corrected chi connectivity index (χ0v) is 22.8. The van der Waals surface area contributed by atoms with Crippen LogP contribution in [0.5, 0.6) is 11.5 Å². The number of aryl methyl sites for hydroxylation is 1. The second-order valence-corrected chi connectivity index (χ2v) is 10.5. The molecule has 1 aliphatic heterocycles. The van der Waals surface area contributed by atoms with E-state index in [1.54, 1.807) is 40.6 Å². The normalized spacial score (nSPS) is 16.5. The Kier molecular flexibility index (Phi) is 8.98. The molecule has 1 saturated heterocycles. The summed E-state index contributed by atoms with van der Waals surface area (Å²) in [6, 6.07) is 15.5. The van der Waals surface area contributed by atoms with Crippen LogP contribution >= 0.6 is 11.3 Å². The number of likely N-dealkylation sites (tertiary alicyclic amines) is 1. The number of amidine groups is 1. The SMILES string of the molecule is CCC1CCC(C(=O)NCc2cc(C(=N)N)cs2)N1C(=O)CNC(=O)c1ccc(Oc2ccc(C)cc2)cc1. The van der Waals surface area contributed by atoms with E-state index in [2.05, 4.69) is 10.6 Å². The van der Waals surface area contributed by atoms with E-state index in [1.807, 2.05) is 38.1 Å². The molecule has 2 aromatic carbocycles. The Labute approximate surface area is 231 Å². The van der Waals surface area contributed by atoms with Crippen LogP contribution in [0.25, 0.3) is 0 Å². The molecular formula is C29H33N5O4S. The highest BCUT2D eigenvalue weighted by Crippen LogP contribution is 2.27. The molecule has 1 fully saturated rings. The van der Waals surface area contributed by atoms with E-state index in [0.717, 1.165) is 23.3 Å². The third kappa shape index (κ3) is 7.02. The Balaban J connectivity index is 1.31. The number of hydrogen-bond donors (Lipinski definition) is 4. The van der Waals surface area contributed by atoms with Crippen LogP contribution in [0, 0.1) is 12.3 Å². The topological polar surface area (TPSA) is 138 Å². The summed E-state index contributed by atoms with van der Waals surface area (Å²) in [6.45, 7) is 4.08. The minimum Gasteiger partial charge on any atom is -0.457 e. The zero-order chi connectivity index (χ0) is 27.9. The van der Waals surface area contributed by atoms with Crippen molar-refractivity contribution < 1.29 is 19.1 Å². The minimum atomic E-state index is -0.593. The molecule has 9 nitrogen and oxygen atoms in total. The van der Waals surface area contributed by atoms with E-state index in [0.29, 0.717) is 35.6 Å². The van der Waals surface area contributed by atoms with Gasteiger partial charge in [-0.1, -0.05) is 24.6 Å². The first-order valence-corrected chi connectivity index (χ1v) is 13.8. The first-order valence-electron chi connectivity index (χ1n) is 12.9. The lowest BCUT2D eigenvalue weighted by Crippen LogP contribution is -2.51. The van der Waals surface area contributed by atoms with E-state index in [9.17, 15) is 14.4 Å². The molecule has 10 heteroatoms. The Hall–Kier alpha value is -4.18. The summed E-state index contributed by atoms with van der Waals surface area (Å²) in [7, 11) is 0. The molecule has 3 aromatic rings. The molecule has 2 atom stereocenters. The Morgan fingerprint density at radius 3 is 2.31 bits per heavy atom.